The first-order valence-electron chi connectivity index (χ1n) is 25.5. The van der Waals surface area contributed by atoms with Crippen LogP contribution in [0.5, 0.6) is 11.6 Å². The lowest BCUT2D eigenvalue weighted by Crippen LogP contribution is -2.54. The third-order valence-electron chi connectivity index (χ3n) is 15.9. The molecule has 3 atom stereocenters. The number of anilines is 4. The Morgan fingerprint density at radius 3 is 2.56 bits per heavy atom. The van der Waals surface area contributed by atoms with E-state index in [9.17, 15) is 23.3 Å². The third-order valence-corrected chi connectivity index (χ3v) is 17.3. The number of aromatic nitrogens is 2. The van der Waals surface area contributed by atoms with Gasteiger partial charge in [-0.3, -0.25) is 19.8 Å². The number of nitro groups is 1. The van der Waals surface area contributed by atoms with Crippen molar-refractivity contribution < 1.29 is 37.1 Å². The van der Waals surface area contributed by atoms with Gasteiger partial charge in [-0.1, -0.05) is 18.2 Å². The number of hydrogen-bond acceptors (Lipinski definition) is 14. The van der Waals surface area contributed by atoms with E-state index in [-0.39, 0.29) is 40.7 Å². The maximum absolute atomic E-state index is 14.7. The number of hydrogen-bond donors (Lipinski definition) is 3. The topological polar surface area (TPSA) is 194 Å². The zero-order valence-electron chi connectivity index (χ0n) is 40.5. The molecular formula is C53H64N8O9S. The molecule has 3 aromatic carbocycles. The predicted molar refractivity (Wildman–Crippen MR) is 270 cm³/mol. The molecule has 18 heteroatoms. The maximum Gasteiger partial charge on any atom is 0.293 e. The minimum Gasteiger partial charge on any atom is -0.491 e. The van der Waals surface area contributed by atoms with Crippen LogP contribution in [0.15, 0.2) is 83.9 Å². The second kappa shape index (κ2) is 19.6. The molecule has 7 heterocycles. The van der Waals surface area contributed by atoms with Gasteiger partial charge in [-0.05, 0) is 132 Å². The lowest BCUT2D eigenvalue weighted by atomic mass is 9.60. The van der Waals surface area contributed by atoms with Crippen molar-refractivity contribution in [1.29, 1.82) is 0 Å². The molecule has 0 bridgehead atoms. The van der Waals surface area contributed by atoms with Gasteiger partial charge in [0.15, 0.2) is 0 Å². The number of sulfonamides is 1. The number of amides is 1. The molecule has 2 aromatic heterocycles. The minimum atomic E-state index is -4.60. The Morgan fingerprint density at radius 1 is 0.958 bits per heavy atom. The second-order valence-electron chi connectivity index (χ2n) is 20.8. The average Bonchev–Trinajstić information content (AvgIpc) is 4.01. The zero-order chi connectivity index (χ0) is 48.9. The van der Waals surface area contributed by atoms with E-state index >= 15 is 0 Å². The van der Waals surface area contributed by atoms with E-state index < -0.39 is 31.4 Å². The normalized spacial score (nSPS) is 22.9. The van der Waals surface area contributed by atoms with E-state index in [1.165, 1.54) is 24.1 Å². The Bertz CT molecular complexity index is 2890. The van der Waals surface area contributed by atoms with Crippen LogP contribution < -0.4 is 29.3 Å². The number of nitrogens with zero attached hydrogens (tertiary/aromatic N) is 5. The van der Waals surface area contributed by atoms with Crippen molar-refractivity contribution in [3.05, 3.63) is 100 Å². The number of likely N-dealkylation sites (tertiary alicyclic amines) is 1. The average molecular weight is 989 g/mol. The number of nitro benzene ring substituents is 1. The summed E-state index contributed by atoms with van der Waals surface area (Å²) in [5, 5.41) is 16.3. The number of aromatic amines is 1. The molecule has 0 unspecified atom stereocenters. The lowest BCUT2D eigenvalue weighted by Gasteiger charge is -2.56. The highest BCUT2D eigenvalue weighted by Crippen LogP contribution is 2.55. The van der Waals surface area contributed by atoms with Gasteiger partial charge >= 0.3 is 0 Å². The van der Waals surface area contributed by atoms with E-state index in [2.05, 4.69) is 62.9 Å². The summed E-state index contributed by atoms with van der Waals surface area (Å²) in [6.07, 6.45) is 10.8. The van der Waals surface area contributed by atoms with Gasteiger partial charge in [-0.2, -0.15) is 4.98 Å². The summed E-state index contributed by atoms with van der Waals surface area (Å²) >= 11 is 0. The van der Waals surface area contributed by atoms with Gasteiger partial charge in [0.25, 0.3) is 21.6 Å². The Morgan fingerprint density at radius 2 is 1.76 bits per heavy atom. The van der Waals surface area contributed by atoms with E-state index in [0.717, 1.165) is 87.5 Å². The molecule has 3 N–H and O–H groups in total. The summed E-state index contributed by atoms with van der Waals surface area (Å²) in [5.41, 5.74) is 4.21. The molecule has 5 aromatic rings. The van der Waals surface area contributed by atoms with Crippen molar-refractivity contribution in [3.63, 3.8) is 0 Å². The molecule has 5 aliphatic heterocycles. The summed E-state index contributed by atoms with van der Waals surface area (Å²) in [5.74, 6) is 0.713. The molecule has 6 aliphatic rings. The standard InChI is InChI=1S/C53H64N8O9S/c1-34(2)69-49-8-4-3-6-41(49)44-7-5-20-59(44)39-29-53(30-39)17-21-58(22-18-53)38-9-11-42(45(27-38)60-32-37-33-68-25-16-48(37)70-52-47(60)26-36-13-19-54-50(36)56-52)51(62)57-71(65,66)40-10-12-43(46(28-40)61(63)64)55-31-35-14-23-67-24-15-35/h3-4,6,8-13,19,26-28,34-35,37,39,44,48,55H,5,7,14-18,20-25,29-33H2,1-2H3,(H,54,56)(H,57,62)/t37-,44+,48+/m1/s1. The van der Waals surface area contributed by atoms with Gasteiger partial charge in [0.2, 0.25) is 5.88 Å². The Kier molecular flexibility index (Phi) is 13.1. The van der Waals surface area contributed by atoms with Crippen LogP contribution in [0.2, 0.25) is 0 Å². The number of para-hydroxylation sites is 1. The number of carbonyl (C=O) groups is 1. The fourth-order valence-electron chi connectivity index (χ4n) is 12.1. The second-order valence-corrected chi connectivity index (χ2v) is 22.5. The SMILES string of the molecule is CC(C)Oc1ccccc1[C@@H]1CCCN1C1CC2(CCN(c3ccc(C(=O)NS(=O)(=O)c4ccc(NCC5CCOCC5)c([N+](=O)[O-])c4)c(N4C[C@@H]5COCC[C@@H]5Oc5nc6[nH]ccc6cc54)c3)CC2)C1. The van der Waals surface area contributed by atoms with E-state index in [4.69, 9.17) is 23.9 Å². The van der Waals surface area contributed by atoms with Gasteiger partial charge in [0, 0.05) is 92.7 Å². The van der Waals surface area contributed by atoms with Crippen molar-refractivity contribution in [2.75, 3.05) is 74.3 Å². The van der Waals surface area contributed by atoms with Crippen LogP contribution >= 0.6 is 0 Å². The first-order chi connectivity index (χ1) is 34.4. The molecule has 5 fully saturated rings. The fourth-order valence-corrected chi connectivity index (χ4v) is 13.1. The third kappa shape index (κ3) is 9.63. The summed E-state index contributed by atoms with van der Waals surface area (Å²) in [4.78, 5) is 41.2. The number of benzene rings is 3. The van der Waals surface area contributed by atoms with Crippen LogP contribution in [0.3, 0.4) is 0 Å². The number of ether oxygens (including phenoxy) is 4. The lowest BCUT2D eigenvalue weighted by molar-refractivity contribution is -0.384. The van der Waals surface area contributed by atoms with Crippen LogP contribution in [0.1, 0.15) is 93.6 Å². The van der Waals surface area contributed by atoms with Crippen LogP contribution in [0.25, 0.3) is 11.0 Å². The predicted octanol–water partition coefficient (Wildman–Crippen LogP) is 8.74. The van der Waals surface area contributed by atoms with Gasteiger partial charge in [-0.25, -0.2) is 13.1 Å². The fraction of sp³-hybridized carbons (Fsp3) is 0.509. The Balaban J connectivity index is 0.868. The monoisotopic (exact) mass is 988 g/mol. The summed E-state index contributed by atoms with van der Waals surface area (Å²) in [6.45, 7) is 10.1. The molecule has 71 heavy (non-hydrogen) atoms. The number of piperidine rings is 1. The van der Waals surface area contributed by atoms with Crippen LogP contribution in [0.4, 0.5) is 28.4 Å². The van der Waals surface area contributed by atoms with E-state index in [0.29, 0.717) is 80.9 Å². The van der Waals surface area contributed by atoms with Crippen LogP contribution in [-0.2, 0) is 19.5 Å². The molecule has 17 nitrogen and oxygen atoms in total. The Labute approximate surface area is 414 Å². The largest absolute Gasteiger partial charge is 0.491 e. The number of carbonyl (C=O) groups excluding carboxylic acids is 1. The number of nitrogens with one attached hydrogen (secondary N) is 3. The number of rotatable bonds is 13. The minimum absolute atomic E-state index is 0.0912. The van der Waals surface area contributed by atoms with Gasteiger partial charge < -0.3 is 39.0 Å². The molecule has 1 spiro atoms. The molecule has 1 amide bonds. The molecule has 1 saturated carbocycles. The summed E-state index contributed by atoms with van der Waals surface area (Å²) in [6, 6.07) is 22.6. The molecule has 1 aliphatic carbocycles. The smallest absolute Gasteiger partial charge is 0.293 e. The van der Waals surface area contributed by atoms with E-state index in [1.807, 2.05) is 35.4 Å². The van der Waals surface area contributed by atoms with Crippen molar-refractivity contribution in [2.24, 2.45) is 17.3 Å². The van der Waals surface area contributed by atoms with Crippen molar-refractivity contribution in [3.8, 4) is 11.6 Å². The highest BCUT2D eigenvalue weighted by atomic mass is 32.2. The van der Waals surface area contributed by atoms with Crippen molar-refractivity contribution in [2.45, 2.75) is 101 Å². The first kappa shape index (κ1) is 47.4. The highest BCUT2D eigenvalue weighted by Gasteiger charge is 2.50. The Hall–Kier alpha value is -5.95. The van der Waals surface area contributed by atoms with Crippen LogP contribution in [-0.4, -0.2) is 112 Å². The van der Waals surface area contributed by atoms with Gasteiger partial charge in [-0.15, -0.1) is 0 Å². The molecular weight excluding hydrogens is 925 g/mol. The quantitative estimate of drug-likeness (QED) is 0.0749. The zero-order valence-corrected chi connectivity index (χ0v) is 41.3. The first-order valence-corrected chi connectivity index (χ1v) is 27.0. The number of H-pyrrole nitrogens is 1. The molecule has 11 rings (SSSR count). The molecule has 0 radical (unpaired) electrons. The van der Waals surface area contributed by atoms with Crippen molar-refractivity contribution in [1.82, 2.24) is 19.6 Å². The maximum atomic E-state index is 14.7. The van der Waals surface area contributed by atoms with Gasteiger partial charge in [0.05, 0.1) is 40.4 Å². The summed E-state index contributed by atoms with van der Waals surface area (Å²) in [7, 11) is -4.60. The van der Waals surface area contributed by atoms with E-state index in [1.54, 1.807) is 6.07 Å². The van der Waals surface area contributed by atoms with Crippen LogP contribution in [0, 0.1) is 27.4 Å². The summed E-state index contributed by atoms with van der Waals surface area (Å²) < 4.78 is 55.0. The molecule has 376 valence electrons. The van der Waals surface area contributed by atoms with Crippen molar-refractivity contribution >= 4 is 55.4 Å². The number of fused-ring (bicyclic) bond motifs is 3. The van der Waals surface area contributed by atoms with Gasteiger partial charge in [0.1, 0.15) is 28.9 Å². The number of pyridine rings is 1. The molecule has 4 saturated heterocycles. The highest BCUT2D eigenvalue weighted by molar-refractivity contribution is 7.90.